The molecule has 1 aromatic carbocycles. The number of benzene rings is 1. The van der Waals surface area contributed by atoms with Crippen molar-refractivity contribution in [1.29, 1.82) is 0 Å². The lowest BCUT2D eigenvalue weighted by molar-refractivity contribution is -0.137. The predicted octanol–water partition coefficient (Wildman–Crippen LogP) is 3.70. The summed E-state index contributed by atoms with van der Waals surface area (Å²) in [5.74, 6) is -0.0389. The Balaban J connectivity index is 1.42. The summed E-state index contributed by atoms with van der Waals surface area (Å²) in [5.41, 5.74) is 0.306. The average Bonchev–Trinajstić information content (AvgIpc) is 3.06. The lowest BCUT2D eigenvalue weighted by Gasteiger charge is -2.38. The zero-order chi connectivity index (χ0) is 26.2. The standard InChI is InChI=1S/C24H26ClF3N6O2/c1-15-20(23(36)34(31(15)3)18-7-5-4-6-8-18)30-22(35)16(2)32-9-11-33(12-10-32)21-19(25)13-17(14-29-21)24(26,27)28/h4-8,13-14,16H,9-12H2,1-3H3,(H,30,35). The molecular formula is C24H26ClF3N6O2. The van der Waals surface area contributed by atoms with Gasteiger partial charge in [0.2, 0.25) is 5.91 Å². The first-order valence-corrected chi connectivity index (χ1v) is 11.7. The van der Waals surface area contributed by atoms with Gasteiger partial charge in [-0.25, -0.2) is 9.67 Å². The molecule has 1 aliphatic rings. The van der Waals surface area contributed by atoms with Crippen LogP contribution < -0.4 is 15.8 Å². The van der Waals surface area contributed by atoms with E-state index in [-0.39, 0.29) is 28.0 Å². The van der Waals surface area contributed by atoms with Gasteiger partial charge in [0.25, 0.3) is 5.56 Å². The second-order valence-electron chi connectivity index (χ2n) is 8.65. The summed E-state index contributed by atoms with van der Waals surface area (Å²) >= 11 is 6.08. The smallest absolute Gasteiger partial charge is 0.353 e. The van der Waals surface area contributed by atoms with Gasteiger partial charge < -0.3 is 10.2 Å². The van der Waals surface area contributed by atoms with Crippen molar-refractivity contribution in [1.82, 2.24) is 19.2 Å². The van der Waals surface area contributed by atoms with E-state index in [0.717, 1.165) is 12.3 Å². The monoisotopic (exact) mass is 522 g/mol. The first-order valence-electron chi connectivity index (χ1n) is 11.4. The number of aromatic nitrogens is 3. The van der Waals surface area contributed by atoms with Crippen molar-refractivity contribution in [2.24, 2.45) is 7.05 Å². The van der Waals surface area contributed by atoms with Crippen molar-refractivity contribution in [3.05, 3.63) is 69.2 Å². The van der Waals surface area contributed by atoms with Gasteiger partial charge in [0.05, 0.1) is 28.0 Å². The van der Waals surface area contributed by atoms with Crippen molar-refractivity contribution < 1.29 is 18.0 Å². The minimum atomic E-state index is -4.52. The van der Waals surface area contributed by atoms with Gasteiger partial charge in [0, 0.05) is 39.4 Å². The summed E-state index contributed by atoms with van der Waals surface area (Å²) in [7, 11) is 1.75. The molecule has 192 valence electrons. The quantitative estimate of drug-likeness (QED) is 0.553. The largest absolute Gasteiger partial charge is 0.417 e. The Kier molecular flexibility index (Phi) is 7.14. The number of rotatable bonds is 5. The third-order valence-electron chi connectivity index (χ3n) is 6.49. The Hall–Kier alpha value is -3.31. The van der Waals surface area contributed by atoms with Crippen molar-refractivity contribution in [3.63, 3.8) is 0 Å². The zero-order valence-electron chi connectivity index (χ0n) is 20.0. The number of alkyl halides is 3. The molecule has 1 saturated heterocycles. The van der Waals surface area contributed by atoms with Crippen LogP contribution in [0.25, 0.3) is 5.69 Å². The third-order valence-corrected chi connectivity index (χ3v) is 6.77. The Morgan fingerprint density at radius 1 is 1.14 bits per heavy atom. The number of halogens is 4. The molecule has 1 fully saturated rings. The fourth-order valence-corrected chi connectivity index (χ4v) is 4.53. The molecule has 1 unspecified atom stereocenters. The molecule has 0 spiro atoms. The molecule has 1 atom stereocenters. The molecule has 0 saturated carbocycles. The number of nitrogens with zero attached hydrogens (tertiary/aromatic N) is 5. The molecule has 0 aliphatic carbocycles. The summed E-state index contributed by atoms with van der Waals surface area (Å²) < 4.78 is 41.9. The van der Waals surface area contributed by atoms with Gasteiger partial charge in [-0.1, -0.05) is 29.8 Å². The molecule has 8 nitrogen and oxygen atoms in total. The Labute approximate surface area is 210 Å². The first-order chi connectivity index (χ1) is 17.0. The van der Waals surface area contributed by atoms with E-state index in [4.69, 9.17) is 11.6 Å². The van der Waals surface area contributed by atoms with Crippen LogP contribution in [0.3, 0.4) is 0 Å². The highest BCUT2D eigenvalue weighted by Crippen LogP contribution is 2.33. The van der Waals surface area contributed by atoms with Crippen LogP contribution >= 0.6 is 11.6 Å². The normalized spacial score (nSPS) is 15.7. The minimum Gasteiger partial charge on any atom is -0.353 e. The summed E-state index contributed by atoms with van der Waals surface area (Å²) in [6.07, 6.45) is -3.74. The van der Waals surface area contributed by atoms with Crippen molar-refractivity contribution in [2.45, 2.75) is 26.1 Å². The van der Waals surface area contributed by atoms with Gasteiger partial charge >= 0.3 is 6.18 Å². The number of anilines is 2. The number of pyridine rings is 1. The highest BCUT2D eigenvalue weighted by molar-refractivity contribution is 6.33. The first kappa shape index (κ1) is 25.8. The second-order valence-corrected chi connectivity index (χ2v) is 9.06. The predicted molar refractivity (Wildman–Crippen MR) is 132 cm³/mol. The van der Waals surface area contributed by atoms with E-state index in [2.05, 4.69) is 10.3 Å². The maximum Gasteiger partial charge on any atom is 0.417 e. The number of amides is 1. The van der Waals surface area contributed by atoms with E-state index in [9.17, 15) is 22.8 Å². The molecule has 1 amide bonds. The lowest BCUT2D eigenvalue weighted by atomic mass is 10.2. The SMILES string of the molecule is Cc1c(NC(=O)C(C)N2CCN(c3ncc(C(F)(F)F)cc3Cl)CC2)c(=O)n(-c2ccccc2)n1C. The highest BCUT2D eigenvalue weighted by atomic mass is 35.5. The van der Waals surface area contributed by atoms with Crippen molar-refractivity contribution >= 4 is 29.0 Å². The summed E-state index contributed by atoms with van der Waals surface area (Å²) in [4.78, 5) is 33.8. The van der Waals surface area contributed by atoms with Crippen LogP contribution in [-0.2, 0) is 18.0 Å². The Bertz CT molecular complexity index is 1310. The molecule has 12 heteroatoms. The van der Waals surface area contributed by atoms with Crippen LogP contribution in [-0.4, -0.2) is 57.4 Å². The molecule has 1 N–H and O–H groups in total. The maximum absolute atomic E-state index is 13.1. The molecule has 2 aromatic heterocycles. The fourth-order valence-electron chi connectivity index (χ4n) is 4.25. The molecule has 3 aromatic rings. The number of hydrogen-bond acceptors (Lipinski definition) is 5. The molecule has 1 aliphatic heterocycles. The molecule has 4 rings (SSSR count). The van der Waals surface area contributed by atoms with Crippen LogP contribution in [0.1, 0.15) is 18.2 Å². The van der Waals surface area contributed by atoms with Gasteiger partial charge in [-0.15, -0.1) is 0 Å². The average molecular weight is 523 g/mol. The zero-order valence-corrected chi connectivity index (χ0v) is 20.8. The summed E-state index contributed by atoms with van der Waals surface area (Å²) in [6.45, 7) is 5.32. The van der Waals surface area contributed by atoms with E-state index < -0.39 is 17.8 Å². The van der Waals surface area contributed by atoms with Crippen LogP contribution in [0.2, 0.25) is 5.02 Å². The van der Waals surface area contributed by atoms with E-state index >= 15 is 0 Å². The number of para-hydroxylation sites is 1. The molecule has 0 radical (unpaired) electrons. The number of carbonyl (C=O) groups is 1. The highest BCUT2D eigenvalue weighted by Gasteiger charge is 2.33. The minimum absolute atomic E-state index is 0.0710. The van der Waals surface area contributed by atoms with Crippen LogP contribution in [0, 0.1) is 6.92 Å². The summed E-state index contributed by atoms with van der Waals surface area (Å²) in [6, 6.07) is 9.48. The van der Waals surface area contributed by atoms with Crippen LogP contribution in [0.15, 0.2) is 47.4 Å². The van der Waals surface area contributed by atoms with E-state index in [1.165, 1.54) is 4.68 Å². The molecule has 3 heterocycles. The van der Waals surface area contributed by atoms with Crippen molar-refractivity contribution in [2.75, 3.05) is 36.4 Å². The fraction of sp³-hybridized carbons (Fsp3) is 0.375. The summed E-state index contributed by atoms with van der Waals surface area (Å²) in [5, 5.41) is 2.72. The Morgan fingerprint density at radius 2 is 1.78 bits per heavy atom. The van der Waals surface area contributed by atoms with Gasteiger partial charge in [-0.3, -0.25) is 19.2 Å². The number of nitrogens with one attached hydrogen (secondary N) is 1. The molecule has 36 heavy (non-hydrogen) atoms. The van der Waals surface area contributed by atoms with Crippen LogP contribution in [0.4, 0.5) is 24.7 Å². The van der Waals surface area contributed by atoms with Gasteiger partial charge in [0.1, 0.15) is 11.5 Å². The van der Waals surface area contributed by atoms with Crippen LogP contribution in [0.5, 0.6) is 0 Å². The van der Waals surface area contributed by atoms with Gasteiger partial charge in [-0.2, -0.15) is 13.2 Å². The van der Waals surface area contributed by atoms with E-state index in [1.807, 2.05) is 35.2 Å². The van der Waals surface area contributed by atoms with E-state index in [1.54, 1.807) is 30.5 Å². The Morgan fingerprint density at radius 3 is 2.36 bits per heavy atom. The van der Waals surface area contributed by atoms with E-state index in [0.29, 0.717) is 37.6 Å². The van der Waals surface area contributed by atoms with Crippen molar-refractivity contribution in [3.8, 4) is 5.69 Å². The maximum atomic E-state index is 13.1. The second kappa shape index (κ2) is 9.98. The van der Waals surface area contributed by atoms with Gasteiger partial charge in [0.15, 0.2) is 0 Å². The third kappa shape index (κ3) is 4.98. The number of carbonyl (C=O) groups excluding carboxylic acids is 1. The number of hydrogen-bond donors (Lipinski definition) is 1. The number of piperazine rings is 1. The molecule has 0 bridgehead atoms. The van der Waals surface area contributed by atoms with Gasteiger partial charge in [-0.05, 0) is 32.0 Å². The lowest BCUT2D eigenvalue weighted by Crippen LogP contribution is -2.53. The topological polar surface area (TPSA) is 75.4 Å². The molecular weight excluding hydrogens is 497 g/mol.